The van der Waals surface area contributed by atoms with Gasteiger partial charge in [0, 0.05) is 6.04 Å². The van der Waals surface area contributed by atoms with Gasteiger partial charge in [-0.15, -0.1) is 0 Å². The Balaban J connectivity index is 2.14. The minimum Gasteiger partial charge on any atom is -0.369 e. The summed E-state index contributed by atoms with van der Waals surface area (Å²) >= 11 is 0. The van der Waals surface area contributed by atoms with E-state index in [1.54, 1.807) is 4.57 Å². The van der Waals surface area contributed by atoms with E-state index in [0.29, 0.717) is 11.4 Å². The van der Waals surface area contributed by atoms with Crippen LogP contribution >= 0.6 is 0 Å². The molecule has 19 heavy (non-hydrogen) atoms. The van der Waals surface area contributed by atoms with Crippen molar-refractivity contribution in [1.82, 2.24) is 9.55 Å². The van der Waals surface area contributed by atoms with Gasteiger partial charge >= 0.3 is 0 Å². The highest BCUT2D eigenvalue weighted by Gasteiger charge is 2.28. The van der Waals surface area contributed by atoms with Gasteiger partial charge in [-0.25, -0.2) is 13.8 Å². The summed E-state index contributed by atoms with van der Waals surface area (Å²) in [5.74, 6) is -0.740. The van der Waals surface area contributed by atoms with Gasteiger partial charge < -0.3 is 10.3 Å². The first kappa shape index (κ1) is 12.4. The van der Waals surface area contributed by atoms with Crippen LogP contribution in [-0.4, -0.2) is 9.55 Å². The topological polar surface area (TPSA) is 43.8 Å². The van der Waals surface area contributed by atoms with E-state index in [1.807, 2.05) is 6.92 Å². The van der Waals surface area contributed by atoms with E-state index in [2.05, 4.69) is 4.98 Å². The van der Waals surface area contributed by atoms with Gasteiger partial charge in [-0.3, -0.25) is 0 Å². The molecule has 0 bridgehead atoms. The number of anilines is 1. The number of benzene rings is 1. The number of aromatic nitrogens is 2. The van der Waals surface area contributed by atoms with E-state index in [1.165, 1.54) is 18.9 Å². The van der Waals surface area contributed by atoms with Crippen molar-refractivity contribution >= 4 is 17.0 Å². The molecule has 2 N–H and O–H groups in total. The summed E-state index contributed by atoms with van der Waals surface area (Å²) in [6.45, 7) is 2.04. The molecule has 2 aromatic rings. The normalized spacial score (nSPS) is 17.0. The molecule has 3 rings (SSSR count). The molecule has 1 fully saturated rings. The first-order valence-electron chi connectivity index (χ1n) is 6.73. The van der Waals surface area contributed by atoms with Crippen molar-refractivity contribution in [1.29, 1.82) is 0 Å². The summed E-state index contributed by atoms with van der Waals surface area (Å²) < 4.78 is 29.1. The van der Waals surface area contributed by atoms with Crippen molar-refractivity contribution in [2.24, 2.45) is 5.92 Å². The van der Waals surface area contributed by atoms with Crippen molar-refractivity contribution in [2.75, 3.05) is 5.73 Å². The van der Waals surface area contributed by atoms with Crippen LogP contribution in [0.25, 0.3) is 11.0 Å². The molecule has 0 spiro atoms. The van der Waals surface area contributed by atoms with Crippen LogP contribution in [0.15, 0.2) is 12.1 Å². The molecule has 5 heteroatoms. The standard InChI is InChI=1S/C14H17F2N3/c1-2-9(7-8-3-4-8)19-13-11(18-14(19)17)6-5-10(15)12(13)16/h5-6,8-9H,2-4,7H2,1H3,(H2,17,18). The number of nitrogens with two attached hydrogens (primary N) is 1. The monoisotopic (exact) mass is 265 g/mol. The molecular formula is C14H17F2N3. The summed E-state index contributed by atoms with van der Waals surface area (Å²) in [6.07, 6.45) is 4.24. The molecular weight excluding hydrogens is 248 g/mol. The average Bonchev–Trinajstić information content (AvgIpc) is 3.14. The first-order chi connectivity index (χ1) is 9.11. The van der Waals surface area contributed by atoms with Crippen LogP contribution in [0.3, 0.4) is 0 Å². The lowest BCUT2D eigenvalue weighted by molar-refractivity contribution is 0.434. The molecule has 1 atom stereocenters. The highest BCUT2D eigenvalue weighted by Crippen LogP contribution is 2.40. The summed E-state index contributed by atoms with van der Waals surface area (Å²) in [5.41, 5.74) is 6.53. The van der Waals surface area contributed by atoms with Crippen molar-refractivity contribution in [3.8, 4) is 0 Å². The minimum absolute atomic E-state index is 0.0915. The molecule has 1 aromatic carbocycles. The zero-order chi connectivity index (χ0) is 13.6. The van der Waals surface area contributed by atoms with Gasteiger partial charge in [0.2, 0.25) is 5.95 Å². The Hall–Kier alpha value is -1.65. The molecule has 0 aliphatic heterocycles. The maximum atomic E-state index is 14.0. The number of rotatable bonds is 4. The number of fused-ring (bicyclic) bond motifs is 1. The second-order valence-electron chi connectivity index (χ2n) is 5.31. The highest BCUT2D eigenvalue weighted by atomic mass is 19.2. The SMILES string of the molecule is CCC(CC1CC1)n1c(N)nc2ccc(F)c(F)c21. The maximum absolute atomic E-state index is 14.0. The molecule has 1 aliphatic carbocycles. The largest absolute Gasteiger partial charge is 0.369 e. The molecule has 1 aliphatic rings. The van der Waals surface area contributed by atoms with E-state index >= 15 is 0 Å². The second-order valence-corrected chi connectivity index (χ2v) is 5.31. The second kappa shape index (κ2) is 4.47. The summed E-state index contributed by atoms with van der Waals surface area (Å²) in [7, 11) is 0. The molecule has 1 unspecified atom stereocenters. The third-order valence-corrected chi connectivity index (χ3v) is 3.91. The predicted octanol–water partition coefficient (Wildman–Crippen LogP) is 3.65. The lowest BCUT2D eigenvalue weighted by Crippen LogP contribution is -2.13. The molecule has 102 valence electrons. The van der Waals surface area contributed by atoms with Gasteiger partial charge in [0.05, 0.1) is 5.52 Å². The van der Waals surface area contributed by atoms with Gasteiger partial charge in [0.1, 0.15) is 5.52 Å². The van der Waals surface area contributed by atoms with E-state index < -0.39 is 11.6 Å². The fraction of sp³-hybridized carbons (Fsp3) is 0.500. The zero-order valence-corrected chi connectivity index (χ0v) is 10.9. The Bertz CT molecular complexity index is 617. The van der Waals surface area contributed by atoms with Crippen LogP contribution in [-0.2, 0) is 0 Å². The van der Waals surface area contributed by atoms with Crippen LogP contribution < -0.4 is 5.73 Å². The molecule has 0 radical (unpaired) electrons. The van der Waals surface area contributed by atoms with Crippen LogP contribution in [0, 0.1) is 17.6 Å². The number of nitrogen functional groups attached to an aromatic ring is 1. The number of halogens is 2. The Labute approximate surface area is 110 Å². The van der Waals surface area contributed by atoms with Crippen molar-refractivity contribution in [2.45, 2.75) is 38.6 Å². The third kappa shape index (κ3) is 2.07. The van der Waals surface area contributed by atoms with E-state index in [9.17, 15) is 8.78 Å². The molecule has 1 heterocycles. The fourth-order valence-corrected chi connectivity index (χ4v) is 2.70. The Morgan fingerprint density at radius 3 is 2.79 bits per heavy atom. The van der Waals surface area contributed by atoms with E-state index in [4.69, 9.17) is 5.73 Å². The van der Waals surface area contributed by atoms with Crippen molar-refractivity contribution in [3.63, 3.8) is 0 Å². The molecule has 1 saturated carbocycles. The molecule has 0 amide bonds. The lowest BCUT2D eigenvalue weighted by atomic mass is 10.1. The fourth-order valence-electron chi connectivity index (χ4n) is 2.70. The molecule has 0 saturated heterocycles. The molecule has 1 aromatic heterocycles. The van der Waals surface area contributed by atoms with Gasteiger partial charge in [-0.1, -0.05) is 19.8 Å². The Morgan fingerprint density at radius 1 is 1.42 bits per heavy atom. The van der Waals surface area contributed by atoms with Crippen LogP contribution in [0.5, 0.6) is 0 Å². The summed E-state index contributed by atoms with van der Waals surface area (Å²) in [4.78, 5) is 4.15. The van der Waals surface area contributed by atoms with Gasteiger partial charge in [0.15, 0.2) is 11.6 Å². The Kier molecular flexibility index (Phi) is 2.92. The maximum Gasteiger partial charge on any atom is 0.201 e. The smallest absolute Gasteiger partial charge is 0.201 e. The summed E-state index contributed by atoms with van der Waals surface area (Å²) in [6, 6.07) is 2.66. The number of imidazole rings is 1. The van der Waals surface area contributed by atoms with Gasteiger partial charge in [-0.2, -0.15) is 0 Å². The zero-order valence-electron chi connectivity index (χ0n) is 10.9. The van der Waals surface area contributed by atoms with Gasteiger partial charge in [0.25, 0.3) is 0 Å². The molecule has 3 nitrogen and oxygen atoms in total. The average molecular weight is 265 g/mol. The van der Waals surface area contributed by atoms with E-state index in [-0.39, 0.29) is 17.5 Å². The van der Waals surface area contributed by atoms with Crippen LogP contribution in [0.1, 0.15) is 38.6 Å². The quantitative estimate of drug-likeness (QED) is 0.917. The van der Waals surface area contributed by atoms with Gasteiger partial charge in [-0.05, 0) is 30.9 Å². The number of hydrogen-bond acceptors (Lipinski definition) is 2. The van der Waals surface area contributed by atoms with E-state index in [0.717, 1.165) is 18.9 Å². The minimum atomic E-state index is -0.852. The van der Waals surface area contributed by atoms with Crippen molar-refractivity contribution < 1.29 is 8.78 Å². The third-order valence-electron chi connectivity index (χ3n) is 3.91. The number of nitrogens with zero attached hydrogens (tertiary/aromatic N) is 2. The van der Waals surface area contributed by atoms with Crippen molar-refractivity contribution in [3.05, 3.63) is 23.8 Å². The van der Waals surface area contributed by atoms with Crippen LogP contribution in [0.2, 0.25) is 0 Å². The summed E-state index contributed by atoms with van der Waals surface area (Å²) in [5, 5.41) is 0. The highest BCUT2D eigenvalue weighted by molar-refractivity contribution is 5.79. The van der Waals surface area contributed by atoms with Crippen LogP contribution in [0.4, 0.5) is 14.7 Å². The predicted molar refractivity (Wildman–Crippen MR) is 70.7 cm³/mol. The number of hydrogen-bond donors (Lipinski definition) is 1. The first-order valence-corrected chi connectivity index (χ1v) is 6.73. The lowest BCUT2D eigenvalue weighted by Gasteiger charge is -2.19. The Morgan fingerprint density at radius 2 is 2.16 bits per heavy atom.